The van der Waals surface area contributed by atoms with Crippen molar-refractivity contribution in [3.8, 4) is 11.5 Å². The Bertz CT molecular complexity index is 2080. The number of aromatic nitrogens is 4. The fourth-order valence-corrected chi connectivity index (χ4v) is 5.89. The van der Waals surface area contributed by atoms with Crippen LogP contribution in [0.2, 0.25) is 0 Å². The monoisotopic (exact) mass is 744 g/mol. The molecule has 2 aromatic heterocycles. The molecule has 1 fully saturated rings. The minimum Gasteiger partial charge on any atom is -0.494 e. The molecule has 3 heterocycles. The molecule has 286 valence electrons. The molecule has 1 aliphatic heterocycles. The highest BCUT2D eigenvalue weighted by Gasteiger charge is 2.24. The van der Waals surface area contributed by atoms with E-state index in [2.05, 4.69) is 30.9 Å². The summed E-state index contributed by atoms with van der Waals surface area (Å²) in [6.07, 6.45) is 7.28. The molecule has 2 aromatic carbocycles. The number of benzene rings is 2. The lowest BCUT2D eigenvalue weighted by Gasteiger charge is -2.25. The number of amides is 3. The number of nitrogens with two attached hydrogens (primary N) is 1. The van der Waals surface area contributed by atoms with E-state index >= 15 is 0 Å². The molecular weight excluding hydrogens is 700 g/mol. The van der Waals surface area contributed by atoms with Crippen LogP contribution in [0, 0.1) is 17.0 Å². The molecule has 18 nitrogen and oxygen atoms in total. The van der Waals surface area contributed by atoms with Gasteiger partial charge in [-0.3, -0.25) is 39.4 Å². The first-order valence-corrected chi connectivity index (χ1v) is 17.3. The smallest absolute Gasteiger partial charge is 0.296 e. The number of carbonyl (C=O) groups excluding carboxylic acids is 3. The number of imidazole rings is 1. The van der Waals surface area contributed by atoms with Crippen LogP contribution < -0.4 is 31.2 Å². The van der Waals surface area contributed by atoms with Gasteiger partial charge in [0.2, 0.25) is 11.9 Å². The van der Waals surface area contributed by atoms with E-state index in [0.717, 1.165) is 13.1 Å². The van der Waals surface area contributed by atoms with Crippen molar-refractivity contribution in [2.75, 3.05) is 70.8 Å². The molecule has 5 rings (SSSR count). The summed E-state index contributed by atoms with van der Waals surface area (Å²) in [5.41, 5.74) is 7.44. The predicted molar refractivity (Wildman–Crippen MR) is 201 cm³/mol. The minimum absolute atomic E-state index is 0.0738. The Kier molecular flexibility index (Phi) is 13.0. The highest BCUT2D eigenvalue weighted by atomic mass is 16.6. The van der Waals surface area contributed by atoms with E-state index in [9.17, 15) is 24.5 Å². The highest BCUT2D eigenvalue weighted by molar-refractivity contribution is 6.04. The molecule has 4 aromatic rings. The zero-order chi connectivity index (χ0) is 38.8. The van der Waals surface area contributed by atoms with E-state index in [-0.39, 0.29) is 53.9 Å². The van der Waals surface area contributed by atoms with Crippen molar-refractivity contribution in [1.82, 2.24) is 29.5 Å². The SMILES string of the molecule is CCn1nc(C)cc1C(=O)Nc1nc2cc(C(N)=O)cc(OC)c2n1C/C=C/CNc1c(OC/C=C/CN2CCOCC2)cc(C(=O)NC)cc1[N+](=O)[O-]. The van der Waals surface area contributed by atoms with Crippen LogP contribution in [0.3, 0.4) is 0 Å². The lowest BCUT2D eigenvalue weighted by Crippen LogP contribution is -2.36. The van der Waals surface area contributed by atoms with E-state index in [4.69, 9.17) is 19.9 Å². The molecule has 0 saturated carbocycles. The van der Waals surface area contributed by atoms with Gasteiger partial charge < -0.3 is 35.1 Å². The fourth-order valence-electron chi connectivity index (χ4n) is 5.89. The van der Waals surface area contributed by atoms with Gasteiger partial charge in [0.15, 0.2) is 11.4 Å². The average Bonchev–Trinajstić information content (AvgIpc) is 3.73. The maximum absolute atomic E-state index is 13.4. The molecule has 5 N–H and O–H groups in total. The molecule has 0 aliphatic carbocycles. The minimum atomic E-state index is -0.673. The number of aryl methyl sites for hydroxylation is 2. The Morgan fingerprint density at radius 3 is 2.44 bits per heavy atom. The number of morpholine rings is 1. The van der Waals surface area contributed by atoms with Gasteiger partial charge in [0.05, 0.1) is 36.5 Å². The topological polar surface area (TPSA) is 223 Å². The number of nitrogens with zero attached hydrogens (tertiary/aromatic N) is 6. The summed E-state index contributed by atoms with van der Waals surface area (Å²) < 4.78 is 20.2. The zero-order valence-corrected chi connectivity index (χ0v) is 30.6. The number of ether oxygens (including phenoxy) is 3. The van der Waals surface area contributed by atoms with E-state index in [0.29, 0.717) is 54.5 Å². The van der Waals surface area contributed by atoms with Crippen LogP contribution >= 0.6 is 0 Å². The van der Waals surface area contributed by atoms with Crippen molar-refractivity contribution in [3.63, 3.8) is 0 Å². The number of carbonyl (C=O) groups is 3. The third-order valence-corrected chi connectivity index (χ3v) is 8.56. The van der Waals surface area contributed by atoms with Gasteiger partial charge in [-0.1, -0.05) is 24.3 Å². The summed E-state index contributed by atoms with van der Waals surface area (Å²) in [5, 5.41) is 25.0. The first-order valence-electron chi connectivity index (χ1n) is 17.3. The Balaban J connectivity index is 1.39. The Morgan fingerprint density at radius 1 is 1.02 bits per heavy atom. The molecule has 0 spiro atoms. The standard InChI is InChI=1S/C36H44N10O8/c1-5-45-28(18-23(2)42-45)35(49)41-36-40-26-19-24(33(37)47)21-30(52-4)32(26)44(36)12-7-6-10-39-31-27(46(50)51)20-25(34(48)38-3)22-29(31)54-15-9-8-11-43-13-16-53-17-14-43/h6-9,18-22,39H,5,10-17H2,1-4H3,(H2,37,47)(H,38,48)(H,40,41,49)/b7-6+,9-8+. The zero-order valence-electron chi connectivity index (χ0n) is 30.6. The first kappa shape index (κ1) is 38.9. The Morgan fingerprint density at radius 2 is 1.76 bits per heavy atom. The molecular formula is C36H44N10O8. The number of fused-ring (bicyclic) bond motifs is 1. The normalized spacial score (nSPS) is 13.4. The highest BCUT2D eigenvalue weighted by Crippen LogP contribution is 2.36. The molecule has 0 atom stereocenters. The molecule has 54 heavy (non-hydrogen) atoms. The number of rotatable bonds is 17. The van der Waals surface area contributed by atoms with Crippen molar-refractivity contribution in [1.29, 1.82) is 0 Å². The van der Waals surface area contributed by atoms with E-state index in [1.54, 1.807) is 34.4 Å². The molecule has 3 amide bonds. The average molecular weight is 745 g/mol. The summed E-state index contributed by atoms with van der Waals surface area (Å²) in [4.78, 5) is 56.4. The maximum atomic E-state index is 13.4. The summed E-state index contributed by atoms with van der Waals surface area (Å²) >= 11 is 0. The molecule has 0 radical (unpaired) electrons. The quantitative estimate of drug-likeness (QED) is 0.0696. The number of methoxy groups -OCH3 is 1. The molecule has 1 saturated heterocycles. The third kappa shape index (κ3) is 9.20. The maximum Gasteiger partial charge on any atom is 0.296 e. The van der Waals surface area contributed by atoms with Gasteiger partial charge in [-0.05, 0) is 38.1 Å². The van der Waals surface area contributed by atoms with Crippen LogP contribution in [0.25, 0.3) is 11.0 Å². The second-order valence-corrected chi connectivity index (χ2v) is 12.1. The molecule has 18 heteroatoms. The Hall–Kier alpha value is -6.27. The number of hydrogen-bond donors (Lipinski definition) is 4. The van der Waals surface area contributed by atoms with Gasteiger partial charge in [-0.15, -0.1) is 0 Å². The van der Waals surface area contributed by atoms with Crippen molar-refractivity contribution in [3.05, 3.63) is 87.3 Å². The number of hydrogen-bond acceptors (Lipinski definition) is 12. The van der Waals surface area contributed by atoms with Gasteiger partial charge in [0.25, 0.3) is 17.5 Å². The summed E-state index contributed by atoms with van der Waals surface area (Å²) in [7, 11) is 2.88. The number of allylic oxidation sites excluding steroid dienone is 1. The van der Waals surface area contributed by atoms with Crippen LogP contribution in [0.1, 0.15) is 43.8 Å². The lowest BCUT2D eigenvalue weighted by molar-refractivity contribution is -0.384. The summed E-state index contributed by atoms with van der Waals surface area (Å²) in [5.74, 6) is -0.998. The van der Waals surface area contributed by atoms with Crippen LogP contribution in [-0.2, 0) is 17.8 Å². The second kappa shape index (κ2) is 18.0. The van der Waals surface area contributed by atoms with Crippen molar-refractivity contribution in [2.24, 2.45) is 5.73 Å². The van der Waals surface area contributed by atoms with E-state index < -0.39 is 22.6 Å². The van der Waals surface area contributed by atoms with E-state index in [1.165, 1.54) is 38.4 Å². The van der Waals surface area contributed by atoms with Crippen molar-refractivity contribution < 1.29 is 33.5 Å². The summed E-state index contributed by atoms with van der Waals surface area (Å²) in [6.45, 7) is 8.26. The lowest BCUT2D eigenvalue weighted by atomic mass is 10.1. The van der Waals surface area contributed by atoms with Crippen LogP contribution in [0.15, 0.2) is 54.6 Å². The van der Waals surface area contributed by atoms with Crippen LogP contribution in [0.5, 0.6) is 11.5 Å². The number of nitro groups is 1. The van der Waals surface area contributed by atoms with Gasteiger partial charge >= 0.3 is 0 Å². The van der Waals surface area contributed by atoms with Gasteiger partial charge in [-0.2, -0.15) is 5.10 Å². The predicted octanol–water partition coefficient (Wildman–Crippen LogP) is 3.12. The van der Waals surface area contributed by atoms with Crippen LogP contribution in [-0.4, -0.2) is 107 Å². The van der Waals surface area contributed by atoms with Gasteiger partial charge in [-0.25, -0.2) is 4.98 Å². The number of anilines is 2. The van der Waals surface area contributed by atoms with Crippen molar-refractivity contribution in [2.45, 2.75) is 26.9 Å². The largest absolute Gasteiger partial charge is 0.494 e. The van der Waals surface area contributed by atoms with Gasteiger partial charge in [0.1, 0.15) is 23.6 Å². The molecule has 1 aliphatic rings. The first-order chi connectivity index (χ1) is 26.0. The second-order valence-electron chi connectivity index (χ2n) is 12.1. The van der Waals surface area contributed by atoms with E-state index in [1.807, 2.05) is 19.1 Å². The number of nitrogens with one attached hydrogen (secondary N) is 3. The number of nitro benzene ring substituents is 1. The van der Waals surface area contributed by atoms with Crippen LogP contribution in [0.4, 0.5) is 17.3 Å². The van der Waals surface area contributed by atoms with Gasteiger partial charge in [0, 0.05) is 63.5 Å². The molecule has 0 unspecified atom stereocenters. The number of primary amides is 1. The fraction of sp³-hybridized carbons (Fsp3) is 0.361. The third-order valence-electron chi connectivity index (χ3n) is 8.56. The summed E-state index contributed by atoms with van der Waals surface area (Å²) in [6, 6.07) is 7.33. The Labute approximate surface area is 311 Å². The molecule has 0 bridgehead atoms. The van der Waals surface area contributed by atoms with Crippen molar-refractivity contribution >= 4 is 46.1 Å².